The Bertz CT molecular complexity index is 670. The van der Waals surface area contributed by atoms with Crippen molar-refractivity contribution in [3.63, 3.8) is 0 Å². The molecule has 1 fully saturated rings. The van der Waals surface area contributed by atoms with E-state index in [1.165, 1.54) is 6.08 Å². The van der Waals surface area contributed by atoms with Crippen molar-refractivity contribution < 1.29 is 29.3 Å². The van der Waals surface area contributed by atoms with Gasteiger partial charge in [0.2, 0.25) is 0 Å². The number of rotatable bonds is 4. The van der Waals surface area contributed by atoms with Crippen LogP contribution in [0.25, 0.3) is 0 Å². The molecule has 0 saturated carbocycles. The zero-order valence-corrected chi connectivity index (χ0v) is 15.2. The molecule has 1 aliphatic carbocycles. The maximum Gasteiger partial charge on any atom is 0.336 e. The van der Waals surface area contributed by atoms with Crippen molar-refractivity contribution in [3.05, 3.63) is 47.1 Å². The summed E-state index contributed by atoms with van der Waals surface area (Å²) in [6, 6.07) is 0. The van der Waals surface area contributed by atoms with Crippen LogP contribution in [-0.2, 0) is 19.1 Å². The fraction of sp³-hybridized carbons (Fsp3) is 0.500. The normalized spacial score (nSPS) is 31.2. The Kier molecular flexibility index (Phi) is 6.94. The molecule has 1 aliphatic heterocycles. The minimum Gasteiger partial charge on any atom is -0.458 e. The van der Waals surface area contributed by atoms with Crippen LogP contribution in [-0.4, -0.2) is 47.6 Å². The predicted octanol–water partition coefficient (Wildman–Crippen LogP) is 1.98. The molecule has 0 amide bonds. The van der Waals surface area contributed by atoms with Crippen molar-refractivity contribution in [2.75, 3.05) is 13.2 Å². The number of hydrogen-bond donors (Lipinski definition) is 2. The molecule has 26 heavy (non-hydrogen) atoms. The molecule has 2 rings (SSSR count). The van der Waals surface area contributed by atoms with E-state index in [9.17, 15) is 14.7 Å². The number of fused-ring (bicyclic) bond motifs is 1. The first kappa shape index (κ1) is 20.1. The van der Waals surface area contributed by atoms with Crippen molar-refractivity contribution in [2.24, 2.45) is 5.92 Å². The Morgan fingerprint density at radius 3 is 2.77 bits per heavy atom. The van der Waals surface area contributed by atoms with Crippen LogP contribution >= 0.6 is 0 Å². The highest BCUT2D eigenvalue weighted by Crippen LogP contribution is 2.36. The Balaban J connectivity index is 2.36. The van der Waals surface area contributed by atoms with E-state index in [-0.39, 0.29) is 17.8 Å². The van der Waals surface area contributed by atoms with Crippen molar-refractivity contribution in [1.29, 1.82) is 0 Å². The zero-order valence-electron chi connectivity index (χ0n) is 15.2. The van der Waals surface area contributed by atoms with E-state index < -0.39 is 36.7 Å². The standard InChI is InChI=1S/C20H26O6/c1-12-5-4-6-13(2)10-17(26-20(24)15(11-22)7-8-21)18-14(3)19(23)25-16(18)9-12/h6-7,9,16-18,21-22H,3-5,8,10-11H2,1-2H3/b12-9+,13-6+,15-7+/t16?,17?,18-/m0/s1. The quantitative estimate of drug-likeness (QED) is 0.451. The van der Waals surface area contributed by atoms with Gasteiger partial charge in [0.05, 0.1) is 24.7 Å². The number of aliphatic hydroxyl groups is 2. The van der Waals surface area contributed by atoms with Crippen LogP contribution in [0.1, 0.15) is 33.1 Å². The molecule has 6 nitrogen and oxygen atoms in total. The zero-order chi connectivity index (χ0) is 19.3. The number of esters is 2. The van der Waals surface area contributed by atoms with Gasteiger partial charge < -0.3 is 19.7 Å². The van der Waals surface area contributed by atoms with E-state index in [0.717, 1.165) is 24.0 Å². The van der Waals surface area contributed by atoms with Gasteiger partial charge in [0.25, 0.3) is 0 Å². The molecule has 0 aromatic rings. The summed E-state index contributed by atoms with van der Waals surface area (Å²) in [5.41, 5.74) is 2.39. The van der Waals surface area contributed by atoms with E-state index in [2.05, 4.69) is 12.7 Å². The van der Waals surface area contributed by atoms with Crippen LogP contribution in [0, 0.1) is 5.92 Å². The van der Waals surface area contributed by atoms with Gasteiger partial charge in [-0.15, -0.1) is 0 Å². The van der Waals surface area contributed by atoms with Crippen LogP contribution in [0.15, 0.2) is 47.1 Å². The molecule has 0 aromatic carbocycles. The first-order chi connectivity index (χ1) is 12.4. The third kappa shape index (κ3) is 4.71. The molecular formula is C20H26O6. The van der Waals surface area contributed by atoms with E-state index in [0.29, 0.717) is 6.42 Å². The average molecular weight is 362 g/mol. The summed E-state index contributed by atoms with van der Waals surface area (Å²) in [6.45, 7) is 6.85. The summed E-state index contributed by atoms with van der Waals surface area (Å²) in [4.78, 5) is 24.4. The molecule has 0 aromatic heterocycles. The molecular weight excluding hydrogens is 336 g/mol. The minimum absolute atomic E-state index is 0.0228. The molecule has 2 N–H and O–H groups in total. The molecule has 6 heteroatoms. The van der Waals surface area contributed by atoms with Gasteiger partial charge in [0, 0.05) is 12.0 Å². The van der Waals surface area contributed by atoms with Gasteiger partial charge >= 0.3 is 11.9 Å². The number of allylic oxidation sites excluding steroid dienone is 2. The van der Waals surface area contributed by atoms with Gasteiger partial charge in [-0.2, -0.15) is 0 Å². The molecule has 142 valence electrons. The lowest BCUT2D eigenvalue weighted by Crippen LogP contribution is -2.34. The fourth-order valence-electron chi connectivity index (χ4n) is 3.27. The monoisotopic (exact) mass is 362 g/mol. The van der Waals surface area contributed by atoms with Crippen LogP contribution in [0.3, 0.4) is 0 Å². The lowest BCUT2D eigenvalue weighted by Gasteiger charge is -2.27. The van der Waals surface area contributed by atoms with E-state index in [1.807, 2.05) is 19.9 Å². The molecule has 0 spiro atoms. The van der Waals surface area contributed by atoms with Crippen molar-refractivity contribution >= 4 is 11.9 Å². The van der Waals surface area contributed by atoms with E-state index >= 15 is 0 Å². The van der Waals surface area contributed by atoms with Crippen LogP contribution in [0.2, 0.25) is 0 Å². The Labute approximate surface area is 153 Å². The largest absolute Gasteiger partial charge is 0.458 e. The molecule has 0 bridgehead atoms. The SMILES string of the molecule is C=C1C(=O)OC2/C=C(\C)CC/C=C(\C)CC(OC(=O)/C(=C/CO)CO)[C@@H]12. The third-order valence-electron chi connectivity index (χ3n) is 4.69. The molecule has 3 atom stereocenters. The first-order valence-corrected chi connectivity index (χ1v) is 8.71. The number of aliphatic hydroxyl groups excluding tert-OH is 2. The summed E-state index contributed by atoms with van der Waals surface area (Å²) in [7, 11) is 0. The average Bonchev–Trinajstić information content (AvgIpc) is 2.85. The van der Waals surface area contributed by atoms with Crippen LogP contribution in [0.5, 0.6) is 0 Å². The fourth-order valence-corrected chi connectivity index (χ4v) is 3.27. The van der Waals surface area contributed by atoms with Gasteiger partial charge in [-0.05, 0) is 38.8 Å². The predicted molar refractivity (Wildman–Crippen MR) is 96.0 cm³/mol. The highest BCUT2D eigenvalue weighted by Gasteiger charge is 2.44. The minimum atomic E-state index is -0.719. The lowest BCUT2D eigenvalue weighted by molar-refractivity contribution is -0.147. The molecule has 2 unspecified atom stereocenters. The second-order valence-electron chi connectivity index (χ2n) is 6.74. The van der Waals surface area contributed by atoms with Crippen LogP contribution < -0.4 is 0 Å². The Morgan fingerprint density at radius 2 is 2.12 bits per heavy atom. The number of ether oxygens (including phenoxy) is 2. The van der Waals surface area contributed by atoms with E-state index in [4.69, 9.17) is 14.6 Å². The van der Waals surface area contributed by atoms with Crippen molar-refractivity contribution in [2.45, 2.75) is 45.3 Å². The maximum atomic E-state index is 12.4. The Hall–Kier alpha value is -2.18. The molecule has 0 radical (unpaired) electrons. The summed E-state index contributed by atoms with van der Waals surface area (Å²) in [5.74, 6) is -1.70. The van der Waals surface area contributed by atoms with Gasteiger partial charge in [0.15, 0.2) is 0 Å². The summed E-state index contributed by atoms with van der Waals surface area (Å²) >= 11 is 0. The summed E-state index contributed by atoms with van der Waals surface area (Å²) < 4.78 is 11.1. The lowest BCUT2D eigenvalue weighted by atomic mass is 9.85. The van der Waals surface area contributed by atoms with Gasteiger partial charge in [-0.1, -0.05) is 23.8 Å². The molecule has 2 aliphatic rings. The van der Waals surface area contributed by atoms with Gasteiger partial charge in [0.1, 0.15) is 12.2 Å². The third-order valence-corrected chi connectivity index (χ3v) is 4.69. The van der Waals surface area contributed by atoms with Gasteiger partial charge in [-0.3, -0.25) is 0 Å². The topological polar surface area (TPSA) is 93.1 Å². The summed E-state index contributed by atoms with van der Waals surface area (Å²) in [5, 5.41) is 18.3. The van der Waals surface area contributed by atoms with Crippen molar-refractivity contribution in [3.8, 4) is 0 Å². The smallest absolute Gasteiger partial charge is 0.336 e. The second kappa shape index (κ2) is 8.96. The highest BCUT2D eigenvalue weighted by molar-refractivity contribution is 5.92. The number of carbonyl (C=O) groups excluding carboxylic acids is 2. The van der Waals surface area contributed by atoms with Crippen molar-refractivity contribution in [1.82, 2.24) is 0 Å². The van der Waals surface area contributed by atoms with Gasteiger partial charge in [-0.25, -0.2) is 9.59 Å². The number of carbonyl (C=O) groups is 2. The second-order valence-corrected chi connectivity index (χ2v) is 6.74. The summed E-state index contributed by atoms with van der Waals surface area (Å²) in [6.07, 6.45) is 6.17. The van der Waals surface area contributed by atoms with Crippen LogP contribution in [0.4, 0.5) is 0 Å². The number of hydrogen-bond acceptors (Lipinski definition) is 6. The highest BCUT2D eigenvalue weighted by atomic mass is 16.6. The Morgan fingerprint density at radius 1 is 1.38 bits per heavy atom. The first-order valence-electron chi connectivity index (χ1n) is 8.71. The maximum absolute atomic E-state index is 12.4. The van der Waals surface area contributed by atoms with E-state index in [1.54, 1.807) is 0 Å². The molecule has 1 heterocycles. The molecule has 1 saturated heterocycles.